The van der Waals surface area contributed by atoms with Gasteiger partial charge >= 0.3 is 0 Å². The molecule has 8 rings (SSSR count). The average Bonchev–Trinajstić information content (AvgIpc) is 3.52. The number of benzene rings is 7. The minimum Gasteiger partial charge on any atom is -0.0990 e. The number of fused-ring (bicyclic) bond motifs is 8. The zero-order chi connectivity index (χ0) is 33.8. The second kappa shape index (κ2) is 12.1. The molecule has 0 fully saturated rings. The normalized spacial score (nSPS) is 12.9. The van der Waals surface area contributed by atoms with Crippen molar-refractivity contribution in [2.75, 3.05) is 0 Å². The van der Waals surface area contributed by atoms with Crippen molar-refractivity contribution < 1.29 is 0 Å². The van der Waals surface area contributed by atoms with Gasteiger partial charge in [-0.05, 0) is 168 Å². The van der Waals surface area contributed by atoms with Crippen molar-refractivity contribution in [2.45, 2.75) is 34.1 Å². The van der Waals surface area contributed by atoms with Crippen LogP contribution in [0.3, 0.4) is 0 Å². The molecular weight excluding hydrogens is 589 g/mol. The Morgan fingerprint density at radius 1 is 0.592 bits per heavy atom. The molecule has 0 heteroatoms. The third-order valence-electron chi connectivity index (χ3n) is 10.6. The predicted molar refractivity (Wildman–Crippen MR) is 216 cm³/mol. The maximum atomic E-state index is 4.49. The minimum absolute atomic E-state index is 0.962. The van der Waals surface area contributed by atoms with Crippen molar-refractivity contribution in [3.8, 4) is 33.4 Å². The van der Waals surface area contributed by atoms with Gasteiger partial charge in [0.25, 0.3) is 0 Å². The van der Waals surface area contributed by atoms with E-state index >= 15 is 0 Å². The molecule has 0 nitrogen and oxygen atoms in total. The smallest absolute Gasteiger partial charge is 0.00130 e. The first-order valence-electron chi connectivity index (χ1n) is 17.3. The fourth-order valence-corrected chi connectivity index (χ4v) is 8.10. The highest BCUT2D eigenvalue weighted by Gasteiger charge is 2.24. The maximum absolute atomic E-state index is 4.49. The SMILES string of the molecule is C=C/C=c1/c(-c2ccc3c4c(ccc3c2)Cc2ccc3cc(-c5cc(/C=C\C)c(C)c(C)c5/C=C\C)ccc3c2-4)cc2ccccc2c1=C. The van der Waals surface area contributed by atoms with E-state index in [1.54, 1.807) is 0 Å². The van der Waals surface area contributed by atoms with Crippen LogP contribution < -0.4 is 10.4 Å². The second-order valence-electron chi connectivity index (χ2n) is 13.4. The number of rotatable bonds is 5. The molecule has 7 aromatic rings. The number of hydrogen-bond donors (Lipinski definition) is 0. The van der Waals surface area contributed by atoms with Crippen LogP contribution in [0, 0.1) is 13.8 Å². The summed E-state index contributed by atoms with van der Waals surface area (Å²) in [5.41, 5.74) is 15.7. The van der Waals surface area contributed by atoms with Crippen LogP contribution in [0.5, 0.6) is 0 Å². The van der Waals surface area contributed by atoms with Gasteiger partial charge in [0.2, 0.25) is 0 Å². The molecule has 0 N–H and O–H groups in total. The van der Waals surface area contributed by atoms with Crippen LogP contribution in [0.2, 0.25) is 0 Å². The lowest BCUT2D eigenvalue weighted by Gasteiger charge is -2.17. The topological polar surface area (TPSA) is 0 Å². The molecule has 0 unspecified atom stereocenters. The van der Waals surface area contributed by atoms with Gasteiger partial charge in [0, 0.05) is 0 Å². The van der Waals surface area contributed by atoms with Crippen LogP contribution in [-0.4, -0.2) is 0 Å². The highest BCUT2D eigenvalue weighted by atomic mass is 14.3. The van der Waals surface area contributed by atoms with E-state index in [1.807, 2.05) is 6.08 Å². The summed E-state index contributed by atoms with van der Waals surface area (Å²) in [4.78, 5) is 0. The first-order chi connectivity index (χ1) is 23.9. The summed E-state index contributed by atoms with van der Waals surface area (Å²) in [7, 11) is 0. The Hall–Kier alpha value is -5.72. The van der Waals surface area contributed by atoms with E-state index in [9.17, 15) is 0 Å². The lowest BCUT2D eigenvalue weighted by Crippen LogP contribution is -2.26. The molecule has 0 amide bonds. The van der Waals surface area contributed by atoms with Crippen LogP contribution in [0.1, 0.15) is 47.2 Å². The van der Waals surface area contributed by atoms with Crippen LogP contribution >= 0.6 is 0 Å². The molecule has 0 spiro atoms. The Labute approximate surface area is 289 Å². The third kappa shape index (κ3) is 4.90. The second-order valence-corrected chi connectivity index (χ2v) is 13.4. The molecule has 0 aromatic heterocycles. The molecule has 1 aliphatic rings. The monoisotopic (exact) mass is 628 g/mol. The fourth-order valence-electron chi connectivity index (χ4n) is 8.10. The molecule has 1 aliphatic carbocycles. The van der Waals surface area contributed by atoms with E-state index in [1.165, 1.54) is 99.1 Å². The molecule has 0 saturated carbocycles. The highest BCUT2D eigenvalue weighted by Crippen LogP contribution is 2.46. The first-order valence-corrected chi connectivity index (χ1v) is 17.3. The molecule has 236 valence electrons. The van der Waals surface area contributed by atoms with Gasteiger partial charge in [-0.25, -0.2) is 0 Å². The zero-order valence-electron chi connectivity index (χ0n) is 28.8. The Balaban J connectivity index is 1.30. The molecule has 7 aromatic carbocycles. The molecule has 0 radical (unpaired) electrons. The lowest BCUT2D eigenvalue weighted by molar-refractivity contribution is 1.27. The van der Waals surface area contributed by atoms with Gasteiger partial charge in [0.1, 0.15) is 0 Å². The summed E-state index contributed by atoms with van der Waals surface area (Å²) in [5, 5.41) is 9.71. The van der Waals surface area contributed by atoms with E-state index < -0.39 is 0 Å². The van der Waals surface area contributed by atoms with Gasteiger partial charge in [-0.1, -0.05) is 122 Å². The Bertz CT molecular complexity index is 2690. The zero-order valence-corrected chi connectivity index (χ0v) is 28.8. The molecule has 0 heterocycles. The van der Waals surface area contributed by atoms with Crippen LogP contribution in [0.4, 0.5) is 0 Å². The summed E-state index contributed by atoms with van der Waals surface area (Å²) >= 11 is 0. The van der Waals surface area contributed by atoms with E-state index in [2.05, 4.69) is 168 Å². The van der Waals surface area contributed by atoms with E-state index in [-0.39, 0.29) is 0 Å². The van der Waals surface area contributed by atoms with Gasteiger partial charge < -0.3 is 0 Å². The average molecular weight is 629 g/mol. The summed E-state index contributed by atoms with van der Waals surface area (Å²) in [5.74, 6) is 0. The molecule has 0 aliphatic heterocycles. The van der Waals surface area contributed by atoms with Crippen molar-refractivity contribution >= 4 is 57.1 Å². The minimum atomic E-state index is 0.962. The summed E-state index contributed by atoms with van der Waals surface area (Å²) < 4.78 is 0. The summed E-state index contributed by atoms with van der Waals surface area (Å²) in [6.45, 7) is 17.2. The van der Waals surface area contributed by atoms with E-state index in [0.29, 0.717) is 0 Å². The maximum Gasteiger partial charge on any atom is -0.00130 e. The van der Waals surface area contributed by atoms with Gasteiger partial charge in [-0.15, -0.1) is 0 Å². The fraction of sp³-hybridized carbons (Fsp3) is 0.102. The summed E-state index contributed by atoms with van der Waals surface area (Å²) in [6, 6.07) is 36.5. The van der Waals surface area contributed by atoms with Gasteiger partial charge in [-0.3, -0.25) is 0 Å². The van der Waals surface area contributed by atoms with Gasteiger partial charge in [0.15, 0.2) is 0 Å². The molecule has 0 bridgehead atoms. The van der Waals surface area contributed by atoms with Gasteiger partial charge in [-0.2, -0.15) is 0 Å². The molecule has 0 saturated heterocycles. The lowest BCUT2D eigenvalue weighted by atomic mass is 9.87. The molecule has 0 atom stereocenters. The standard InChI is InChI=1S/C49H40/c1-7-12-33-28-46(42(13-8-2)31(5)30(33)4)37-21-23-44-35(25-37)17-19-39-27-40-20-18-36-26-38(22-24-45(36)49(40)48(39)44)47-29-34-15-10-11-16-41(34)32(6)43(47)14-9-3/h7-26,28-29H,3,6,27H2,1-2,4-5H3/b12-7-,13-8-,43-14+. The largest absolute Gasteiger partial charge is 0.0990 e. The molecule has 49 heavy (non-hydrogen) atoms. The van der Waals surface area contributed by atoms with Crippen LogP contribution in [0.15, 0.2) is 122 Å². The van der Waals surface area contributed by atoms with Crippen molar-refractivity contribution in [1.29, 1.82) is 0 Å². The van der Waals surface area contributed by atoms with Crippen LogP contribution in [0.25, 0.3) is 90.5 Å². The quantitative estimate of drug-likeness (QED) is 0.178. The number of hydrogen-bond acceptors (Lipinski definition) is 0. The van der Waals surface area contributed by atoms with E-state index in [4.69, 9.17) is 0 Å². The Morgan fingerprint density at radius 2 is 1.20 bits per heavy atom. The summed E-state index contributed by atoms with van der Waals surface area (Å²) in [6.07, 6.45) is 13.7. The predicted octanol–water partition coefficient (Wildman–Crippen LogP) is 12.1. The van der Waals surface area contributed by atoms with Crippen molar-refractivity contribution in [3.05, 3.63) is 166 Å². The third-order valence-corrected chi connectivity index (χ3v) is 10.6. The first kappa shape index (κ1) is 30.6. The van der Waals surface area contributed by atoms with Crippen molar-refractivity contribution in [3.63, 3.8) is 0 Å². The Morgan fingerprint density at radius 3 is 1.84 bits per heavy atom. The molecular formula is C49H40. The number of allylic oxidation sites excluding steroid dienone is 3. The highest BCUT2D eigenvalue weighted by molar-refractivity contribution is 6.11. The van der Waals surface area contributed by atoms with Crippen molar-refractivity contribution in [2.24, 2.45) is 0 Å². The van der Waals surface area contributed by atoms with Crippen molar-refractivity contribution in [1.82, 2.24) is 0 Å². The Kier molecular flexibility index (Phi) is 7.53. The van der Waals surface area contributed by atoms with E-state index in [0.717, 1.165) is 16.9 Å². The van der Waals surface area contributed by atoms with Gasteiger partial charge in [0.05, 0.1) is 0 Å². The van der Waals surface area contributed by atoms with Crippen LogP contribution in [-0.2, 0) is 6.42 Å².